The van der Waals surface area contributed by atoms with Crippen molar-refractivity contribution in [1.82, 2.24) is 0 Å². The van der Waals surface area contributed by atoms with Crippen LogP contribution in [0.3, 0.4) is 0 Å². The van der Waals surface area contributed by atoms with E-state index in [1.165, 1.54) is 96.3 Å². The SMILES string of the molecule is CCC(COC(=O)CCCCCCCCCCBr)(COC(=O)CCCCCCCCCCBr)COC(=O)CCCCCCCCCCBr. The summed E-state index contributed by atoms with van der Waals surface area (Å²) in [5.41, 5.74) is -0.736. The van der Waals surface area contributed by atoms with E-state index in [9.17, 15) is 14.4 Å². The molecule has 0 fully saturated rings. The van der Waals surface area contributed by atoms with Crippen molar-refractivity contribution in [3.63, 3.8) is 0 Å². The van der Waals surface area contributed by atoms with Crippen LogP contribution in [0.1, 0.15) is 187 Å². The smallest absolute Gasteiger partial charge is 0.305 e. The molecule has 0 rings (SSSR count). The van der Waals surface area contributed by atoms with Crippen LogP contribution in [0.2, 0.25) is 0 Å². The summed E-state index contributed by atoms with van der Waals surface area (Å²) in [5.74, 6) is -0.702. The van der Waals surface area contributed by atoms with E-state index in [1.54, 1.807) is 0 Å². The first-order chi connectivity index (χ1) is 23.4. The van der Waals surface area contributed by atoms with Crippen molar-refractivity contribution < 1.29 is 28.6 Å². The van der Waals surface area contributed by atoms with Gasteiger partial charge in [0.05, 0.1) is 5.41 Å². The molecule has 0 saturated heterocycles. The Morgan fingerprint density at radius 3 is 0.792 bits per heavy atom. The average Bonchev–Trinajstić information content (AvgIpc) is 3.09. The van der Waals surface area contributed by atoms with Crippen LogP contribution < -0.4 is 0 Å². The zero-order chi connectivity index (χ0) is 35.4. The molecule has 0 atom stereocenters. The summed E-state index contributed by atoms with van der Waals surface area (Å²) in [7, 11) is 0. The van der Waals surface area contributed by atoms with Gasteiger partial charge in [0.2, 0.25) is 0 Å². The van der Waals surface area contributed by atoms with E-state index < -0.39 is 5.41 Å². The van der Waals surface area contributed by atoms with Gasteiger partial charge < -0.3 is 14.2 Å². The van der Waals surface area contributed by atoms with Crippen molar-refractivity contribution in [2.24, 2.45) is 5.41 Å². The maximum Gasteiger partial charge on any atom is 0.305 e. The van der Waals surface area contributed by atoms with Crippen molar-refractivity contribution in [3.05, 3.63) is 0 Å². The highest BCUT2D eigenvalue weighted by Crippen LogP contribution is 2.26. The molecule has 0 unspecified atom stereocenters. The highest BCUT2D eigenvalue weighted by molar-refractivity contribution is 9.09. The van der Waals surface area contributed by atoms with Crippen LogP contribution in [0.5, 0.6) is 0 Å². The number of hydrogen-bond acceptors (Lipinski definition) is 6. The van der Waals surface area contributed by atoms with Gasteiger partial charge in [-0.15, -0.1) is 0 Å². The molecule has 0 amide bonds. The predicted molar refractivity (Wildman–Crippen MR) is 212 cm³/mol. The first kappa shape index (κ1) is 47.8. The minimum absolute atomic E-state index is 0.0839. The molecular weight excluding hydrogens is 804 g/mol. The topological polar surface area (TPSA) is 78.9 Å². The van der Waals surface area contributed by atoms with Crippen LogP contribution in [0.25, 0.3) is 0 Å². The first-order valence-corrected chi connectivity index (χ1v) is 22.9. The zero-order valence-corrected chi connectivity index (χ0v) is 35.4. The number of rotatable bonds is 37. The summed E-state index contributed by atoms with van der Waals surface area (Å²) in [5, 5.41) is 3.24. The Hall–Kier alpha value is -0.150. The molecule has 0 aliphatic heterocycles. The number of hydrogen-bond donors (Lipinski definition) is 0. The monoisotopic (exact) mass is 872 g/mol. The minimum Gasteiger partial charge on any atom is -0.465 e. The van der Waals surface area contributed by atoms with Gasteiger partial charge in [-0.25, -0.2) is 0 Å². The van der Waals surface area contributed by atoms with Crippen LogP contribution in [-0.2, 0) is 28.6 Å². The Bertz CT molecular complexity index is 658. The normalized spacial score (nSPS) is 11.5. The standard InChI is InChI=1S/C39H71Br3O6/c1-2-39(33-46-36(43)27-21-15-9-3-6-12-18-24-30-40,34-47-37(44)28-22-16-10-4-7-13-19-25-31-41)35-48-38(45)29-23-17-11-5-8-14-20-26-32-42/h2-35H2,1H3. The van der Waals surface area contributed by atoms with E-state index in [4.69, 9.17) is 14.2 Å². The number of carbonyl (C=O) groups excluding carboxylic acids is 3. The molecule has 0 aliphatic carbocycles. The van der Waals surface area contributed by atoms with Gasteiger partial charge in [0, 0.05) is 35.3 Å². The van der Waals surface area contributed by atoms with Crippen molar-refractivity contribution in [1.29, 1.82) is 0 Å². The summed E-state index contributed by atoms with van der Waals surface area (Å²) in [6.45, 7) is 2.23. The molecule has 0 aromatic rings. The molecule has 6 nitrogen and oxygen atoms in total. The second kappa shape index (κ2) is 36.6. The van der Waals surface area contributed by atoms with Gasteiger partial charge in [-0.1, -0.05) is 170 Å². The number of esters is 3. The maximum atomic E-state index is 12.6. The Kier molecular flexibility index (Phi) is 36.5. The third kappa shape index (κ3) is 31.8. The number of carbonyl (C=O) groups is 3. The molecule has 9 heteroatoms. The van der Waals surface area contributed by atoms with Gasteiger partial charge in [0.15, 0.2) is 0 Å². The molecule has 0 radical (unpaired) electrons. The van der Waals surface area contributed by atoms with Crippen molar-refractivity contribution in [2.45, 2.75) is 187 Å². The highest BCUT2D eigenvalue weighted by Gasteiger charge is 2.34. The first-order valence-electron chi connectivity index (χ1n) is 19.6. The van der Waals surface area contributed by atoms with Gasteiger partial charge in [-0.2, -0.15) is 0 Å². The molecule has 0 N–H and O–H groups in total. The number of unbranched alkanes of at least 4 members (excludes halogenated alkanes) is 21. The van der Waals surface area contributed by atoms with E-state index in [0.717, 1.165) is 73.8 Å². The molecule has 0 heterocycles. The largest absolute Gasteiger partial charge is 0.465 e. The van der Waals surface area contributed by atoms with Gasteiger partial charge in [-0.3, -0.25) is 14.4 Å². The molecule has 48 heavy (non-hydrogen) atoms. The second-order valence-electron chi connectivity index (χ2n) is 13.6. The van der Waals surface area contributed by atoms with Crippen LogP contribution in [0.15, 0.2) is 0 Å². The number of halogens is 3. The summed E-state index contributed by atoms with van der Waals surface area (Å²) in [6.07, 6.45) is 29.4. The molecule has 0 aliphatic rings. The summed E-state index contributed by atoms with van der Waals surface area (Å²) in [4.78, 5) is 37.9. The lowest BCUT2D eigenvalue weighted by Gasteiger charge is -2.31. The molecule has 0 saturated carbocycles. The van der Waals surface area contributed by atoms with Crippen LogP contribution in [0.4, 0.5) is 0 Å². The maximum absolute atomic E-state index is 12.6. The van der Waals surface area contributed by atoms with E-state index in [1.807, 2.05) is 6.92 Å². The lowest BCUT2D eigenvalue weighted by molar-refractivity contribution is -0.162. The van der Waals surface area contributed by atoms with Crippen LogP contribution in [-0.4, -0.2) is 53.7 Å². The van der Waals surface area contributed by atoms with Gasteiger partial charge in [-0.05, 0) is 44.9 Å². The van der Waals surface area contributed by atoms with Crippen LogP contribution in [0, 0.1) is 5.41 Å². The predicted octanol–water partition coefficient (Wildman–Crippen LogP) is 12.7. The summed E-state index contributed by atoms with van der Waals surface area (Å²) < 4.78 is 17.2. The molecule has 0 aromatic carbocycles. The van der Waals surface area contributed by atoms with Gasteiger partial charge in [0.25, 0.3) is 0 Å². The van der Waals surface area contributed by atoms with Crippen molar-refractivity contribution >= 4 is 65.7 Å². The van der Waals surface area contributed by atoms with Crippen LogP contribution >= 0.6 is 47.8 Å². The lowest BCUT2D eigenvalue weighted by Crippen LogP contribution is -2.39. The number of alkyl halides is 3. The Morgan fingerprint density at radius 2 is 0.583 bits per heavy atom. The minimum atomic E-state index is -0.736. The van der Waals surface area contributed by atoms with E-state index in [2.05, 4.69) is 47.8 Å². The van der Waals surface area contributed by atoms with Crippen molar-refractivity contribution in [3.8, 4) is 0 Å². The fourth-order valence-corrected chi connectivity index (χ4v) is 6.81. The molecule has 0 bridgehead atoms. The summed E-state index contributed by atoms with van der Waals surface area (Å²) >= 11 is 10.4. The van der Waals surface area contributed by atoms with Gasteiger partial charge in [0.1, 0.15) is 19.8 Å². The zero-order valence-electron chi connectivity index (χ0n) is 30.6. The fourth-order valence-electron chi connectivity index (χ4n) is 5.62. The molecular formula is C39H71Br3O6. The number of ether oxygens (including phenoxy) is 3. The molecule has 0 spiro atoms. The Labute approximate surface area is 320 Å². The van der Waals surface area contributed by atoms with E-state index in [-0.39, 0.29) is 37.7 Å². The van der Waals surface area contributed by atoms with E-state index >= 15 is 0 Å². The quantitative estimate of drug-likeness (QED) is 0.0268. The summed E-state index contributed by atoms with van der Waals surface area (Å²) in [6, 6.07) is 0. The Balaban J connectivity index is 4.65. The third-order valence-electron chi connectivity index (χ3n) is 9.16. The second-order valence-corrected chi connectivity index (χ2v) is 16.0. The Morgan fingerprint density at radius 1 is 0.375 bits per heavy atom. The van der Waals surface area contributed by atoms with Crippen molar-refractivity contribution in [2.75, 3.05) is 35.8 Å². The fraction of sp³-hybridized carbons (Fsp3) is 0.923. The molecule has 0 aromatic heterocycles. The lowest BCUT2D eigenvalue weighted by atomic mass is 9.88. The average molecular weight is 876 g/mol. The molecule has 284 valence electrons. The third-order valence-corrected chi connectivity index (χ3v) is 10.8. The van der Waals surface area contributed by atoms with E-state index in [0.29, 0.717) is 25.7 Å². The highest BCUT2D eigenvalue weighted by atomic mass is 79.9. The van der Waals surface area contributed by atoms with Gasteiger partial charge >= 0.3 is 17.9 Å².